The smallest absolute Gasteiger partial charge is 0.794 e. The predicted octanol–water partition coefficient (Wildman–Crippen LogP) is 4.26. The summed E-state index contributed by atoms with van der Waals surface area (Å²) in [5.41, 5.74) is 4.86. The van der Waals surface area contributed by atoms with Crippen LogP contribution in [0.25, 0.3) is 0 Å². The zero-order chi connectivity index (χ0) is 16.5. The molecule has 0 fully saturated rings. The molecule has 5 heteroatoms. The van der Waals surface area contributed by atoms with Crippen LogP contribution in [0.2, 0.25) is 0 Å². The molecule has 0 saturated heterocycles. The summed E-state index contributed by atoms with van der Waals surface area (Å²) in [5, 5.41) is 0.205. The minimum atomic E-state index is 0. The Bertz CT molecular complexity index is 488. The third-order valence-corrected chi connectivity index (χ3v) is 5.17. The molecule has 0 aromatic heterocycles. The first-order valence-corrected chi connectivity index (χ1v) is 9.18. The molecule has 126 valence electrons. The number of aryl methyl sites for hydroxylation is 2. The summed E-state index contributed by atoms with van der Waals surface area (Å²) in [6, 6.07) is 16.5. The average Bonchev–Trinajstić information content (AvgIpc) is 2.55. The van der Waals surface area contributed by atoms with Gasteiger partial charge in [-0.15, -0.1) is 0 Å². The Morgan fingerprint density at radius 1 is 0.652 bits per heavy atom. The van der Waals surface area contributed by atoms with Crippen LogP contribution in [-0.4, -0.2) is 11.5 Å². The molecule has 0 aliphatic rings. The average molecular weight is 560 g/mol. The van der Waals surface area contributed by atoms with Gasteiger partial charge in [0.05, 0.1) is 0 Å². The summed E-state index contributed by atoms with van der Waals surface area (Å²) in [4.78, 5) is 0. The van der Waals surface area contributed by atoms with E-state index in [1.54, 1.807) is 0 Å². The quantitative estimate of drug-likeness (QED) is 0.514. The molecule has 0 radical (unpaired) electrons. The van der Waals surface area contributed by atoms with Crippen LogP contribution < -0.4 is 0 Å². The van der Waals surface area contributed by atoms with Gasteiger partial charge in [0.15, 0.2) is 0 Å². The van der Waals surface area contributed by atoms with Gasteiger partial charge < -0.3 is 50.5 Å². The van der Waals surface area contributed by atoms with E-state index in [1.807, 2.05) is 0 Å². The van der Waals surface area contributed by atoms with Gasteiger partial charge in [0, 0.05) is 0 Å². The first-order valence-electron chi connectivity index (χ1n) is 7.09. The minimum absolute atomic E-state index is 0. The van der Waals surface area contributed by atoms with E-state index in [0.29, 0.717) is 11.5 Å². The molecule has 0 amide bonds. The molecule has 0 heterocycles. The summed E-state index contributed by atoms with van der Waals surface area (Å²) in [5.74, 6) is 1.25. The van der Waals surface area contributed by atoms with Gasteiger partial charge in [0.25, 0.3) is 0 Å². The second-order valence-electron chi connectivity index (χ2n) is 5.13. The van der Waals surface area contributed by atoms with Gasteiger partial charge in [0.1, 0.15) is 0 Å². The van der Waals surface area contributed by atoms with Crippen molar-refractivity contribution in [3.63, 3.8) is 0 Å². The van der Waals surface area contributed by atoms with Crippen molar-refractivity contribution in [2.24, 2.45) is 0 Å². The van der Waals surface area contributed by atoms with Crippen molar-refractivity contribution in [3.8, 4) is 0 Å². The Morgan fingerprint density at radius 3 is 1.13 bits per heavy atom. The van der Waals surface area contributed by atoms with Crippen LogP contribution in [0.15, 0.2) is 48.5 Å². The fraction of sp³-hybridized carbons (Fsp3) is 0.333. The maximum absolute atomic E-state index is 5.14. The van der Waals surface area contributed by atoms with Crippen LogP contribution in [0.3, 0.4) is 0 Å². The second-order valence-corrected chi connectivity index (χ2v) is 6.94. The van der Waals surface area contributed by atoms with Crippen molar-refractivity contribution in [2.75, 3.05) is 11.5 Å². The Balaban J connectivity index is 0.000000403. The standard InChI is InChI=1S/2C9H12S2.Pt/c2*1-7-2-4-8(5-3-7)9(11)6-10;/h2*2-5,9-11H,6H2,1H3;/q;;+4/p-4. The summed E-state index contributed by atoms with van der Waals surface area (Å²) >= 11 is 20.1. The van der Waals surface area contributed by atoms with Crippen LogP contribution in [0.1, 0.15) is 32.8 Å². The predicted molar refractivity (Wildman–Crippen MR) is 107 cm³/mol. The third-order valence-electron chi connectivity index (χ3n) is 3.20. The zero-order valence-electron chi connectivity index (χ0n) is 13.1. The third kappa shape index (κ3) is 8.97. The first-order chi connectivity index (χ1) is 10.5. The molecule has 0 spiro atoms. The van der Waals surface area contributed by atoms with E-state index >= 15 is 0 Å². The van der Waals surface area contributed by atoms with E-state index in [2.05, 4.69) is 62.4 Å². The van der Waals surface area contributed by atoms with E-state index in [4.69, 9.17) is 50.5 Å². The molecule has 0 aliphatic carbocycles. The molecule has 2 aromatic carbocycles. The van der Waals surface area contributed by atoms with Crippen molar-refractivity contribution in [1.82, 2.24) is 0 Å². The van der Waals surface area contributed by atoms with Crippen LogP contribution in [0, 0.1) is 13.8 Å². The largest absolute Gasteiger partial charge is 4.00 e. The van der Waals surface area contributed by atoms with Crippen molar-refractivity contribution in [3.05, 3.63) is 70.8 Å². The van der Waals surface area contributed by atoms with Gasteiger partial charge in [-0.2, -0.15) is 22.0 Å². The van der Waals surface area contributed by atoms with Crippen molar-refractivity contribution in [1.29, 1.82) is 0 Å². The van der Waals surface area contributed by atoms with Gasteiger partial charge in [0.2, 0.25) is 0 Å². The van der Waals surface area contributed by atoms with Gasteiger partial charge >= 0.3 is 21.1 Å². The number of rotatable bonds is 4. The van der Waals surface area contributed by atoms with E-state index in [1.165, 1.54) is 22.3 Å². The van der Waals surface area contributed by atoms with Gasteiger partial charge in [-0.1, -0.05) is 70.8 Å². The van der Waals surface area contributed by atoms with Crippen LogP contribution >= 0.6 is 0 Å². The molecule has 2 atom stereocenters. The van der Waals surface area contributed by atoms with Crippen LogP contribution in [-0.2, 0) is 71.6 Å². The molecule has 0 nitrogen and oxygen atoms in total. The number of hydrogen-bond donors (Lipinski definition) is 0. The van der Waals surface area contributed by atoms with E-state index in [0.717, 1.165) is 0 Å². The summed E-state index contributed by atoms with van der Waals surface area (Å²) in [6.07, 6.45) is 0. The molecule has 2 aromatic rings. The summed E-state index contributed by atoms with van der Waals surface area (Å²) in [7, 11) is 0. The van der Waals surface area contributed by atoms with Crippen molar-refractivity contribution >= 4 is 50.5 Å². The number of benzene rings is 2. The van der Waals surface area contributed by atoms with Gasteiger partial charge in [-0.3, -0.25) is 0 Å². The maximum atomic E-state index is 5.14. The van der Waals surface area contributed by atoms with E-state index < -0.39 is 0 Å². The van der Waals surface area contributed by atoms with E-state index in [9.17, 15) is 0 Å². The molecule has 0 N–H and O–H groups in total. The molecule has 23 heavy (non-hydrogen) atoms. The Hall–Kier alpha value is 0.528. The van der Waals surface area contributed by atoms with Crippen molar-refractivity contribution in [2.45, 2.75) is 24.3 Å². The fourth-order valence-corrected chi connectivity index (χ4v) is 2.45. The first kappa shape index (κ1) is 23.5. The monoisotopic (exact) mass is 559 g/mol. The molecular formula is C18H20PtS4. The molecule has 0 bridgehead atoms. The van der Waals surface area contributed by atoms with Crippen LogP contribution in [0.4, 0.5) is 0 Å². The summed E-state index contributed by atoms with van der Waals surface area (Å²) in [6.45, 7) is 4.13. The SMILES string of the molecule is Cc1ccc(C([S-])C[S-])cc1.Cc1ccc(C([S-])C[S-])cc1.[Pt+4]. The Kier molecular flexibility index (Phi) is 13.1. The van der Waals surface area contributed by atoms with E-state index in [-0.39, 0.29) is 31.6 Å². The van der Waals surface area contributed by atoms with Crippen LogP contribution in [0.5, 0.6) is 0 Å². The normalized spacial score (nSPS) is 12.4. The summed E-state index contributed by atoms with van der Waals surface area (Å²) < 4.78 is 0. The molecule has 0 saturated carbocycles. The Labute approximate surface area is 177 Å². The maximum Gasteiger partial charge on any atom is 4.00 e. The van der Waals surface area contributed by atoms with Gasteiger partial charge in [-0.05, 0) is 13.8 Å². The topological polar surface area (TPSA) is 0 Å². The molecule has 2 rings (SSSR count). The Morgan fingerprint density at radius 2 is 0.913 bits per heavy atom. The van der Waals surface area contributed by atoms with Crippen molar-refractivity contribution < 1.29 is 21.1 Å². The molecule has 2 unspecified atom stereocenters. The fourth-order valence-electron chi connectivity index (χ4n) is 1.75. The minimum Gasteiger partial charge on any atom is -0.794 e. The zero-order valence-corrected chi connectivity index (χ0v) is 18.7. The second kappa shape index (κ2) is 12.8. The molecular weight excluding hydrogens is 540 g/mol. The molecule has 0 aliphatic heterocycles. The number of hydrogen-bond acceptors (Lipinski definition) is 4. The van der Waals surface area contributed by atoms with Gasteiger partial charge in [-0.25, -0.2) is 0 Å².